The van der Waals surface area contributed by atoms with Crippen LogP contribution in [-0.2, 0) is 0 Å². The van der Waals surface area contributed by atoms with Gasteiger partial charge >= 0.3 is 0 Å². The van der Waals surface area contributed by atoms with Crippen LogP contribution in [0, 0.1) is 6.92 Å². The van der Waals surface area contributed by atoms with Crippen LogP contribution in [0.25, 0.3) is 6.08 Å². The molecule has 0 spiro atoms. The molecule has 1 aromatic rings. The Labute approximate surface area is 83.0 Å². The maximum atomic E-state index is 12.3. The second-order valence-corrected chi connectivity index (χ2v) is 3.31. The van der Waals surface area contributed by atoms with Crippen LogP contribution >= 0.6 is 11.6 Å². The number of halogens is 2. The number of hydrogen-bond acceptors (Lipinski definition) is 0. The Morgan fingerprint density at radius 2 is 2.15 bits per heavy atom. The first-order valence-corrected chi connectivity index (χ1v) is 4.37. The average Bonchev–Trinajstić information content (AvgIpc) is 2.15. The Morgan fingerprint density at radius 1 is 1.46 bits per heavy atom. The van der Waals surface area contributed by atoms with Crippen molar-refractivity contribution < 1.29 is 4.39 Å². The fraction of sp³-hybridized carbons (Fsp3) is 0.182. The van der Waals surface area contributed by atoms with E-state index in [1.54, 1.807) is 18.2 Å². The van der Waals surface area contributed by atoms with Gasteiger partial charge in [-0.1, -0.05) is 30.3 Å². The minimum atomic E-state index is -0.475. The van der Waals surface area contributed by atoms with E-state index in [2.05, 4.69) is 13.5 Å². The standard InChI is InChI=1S/C11H11ClF/c1-3-9-4-10(8(2)7-13)6-11(12)5-9/h3-6,8H,1-2,7H2. The van der Waals surface area contributed by atoms with Gasteiger partial charge in [-0.15, -0.1) is 0 Å². The van der Waals surface area contributed by atoms with Crippen molar-refractivity contribution in [2.75, 3.05) is 6.67 Å². The van der Waals surface area contributed by atoms with Gasteiger partial charge in [-0.25, -0.2) is 0 Å². The molecule has 0 fully saturated rings. The highest BCUT2D eigenvalue weighted by Gasteiger charge is 2.06. The second kappa shape index (κ2) is 4.43. The Morgan fingerprint density at radius 3 is 2.69 bits per heavy atom. The van der Waals surface area contributed by atoms with Crippen molar-refractivity contribution in [1.82, 2.24) is 0 Å². The summed E-state index contributed by atoms with van der Waals surface area (Å²) in [7, 11) is 0. The lowest BCUT2D eigenvalue weighted by Crippen LogP contribution is -1.96. The third kappa shape index (κ3) is 2.56. The van der Waals surface area contributed by atoms with E-state index in [0.29, 0.717) is 5.02 Å². The summed E-state index contributed by atoms with van der Waals surface area (Å²) in [5.41, 5.74) is 1.70. The lowest BCUT2D eigenvalue weighted by atomic mass is 10.0. The van der Waals surface area contributed by atoms with Crippen LogP contribution in [-0.4, -0.2) is 6.67 Å². The van der Waals surface area contributed by atoms with Crippen molar-refractivity contribution in [3.8, 4) is 0 Å². The summed E-state index contributed by atoms with van der Waals surface area (Å²) in [5.74, 6) is -0.350. The highest BCUT2D eigenvalue weighted by molar-refractivity contribution is 6.30. The third-order valence-corrected chi connectivity index (χ3v) is 2.05. The van der Waals surface area contributed by atoms with Crippen LogP contribution < -0.4 is 0 Å². The van der Waals surface area contributed by atoms with Crippen molar-refractivity contribution in [3.05, 3.63) is 47.9 Å². The van der Waals surface area contributed by atoms with Crippen molar-refractivity contribution in [2.24, 2.45) is 0 Å². The molecule has 0 N–H and O–H groups in total. The summed E-state index contributed by atoms with van der Waals surface area (Å²) in [6.45, 7) is 6.83. The summed E-state index contributed by atoms with van der Waals surface area (Å²) in [4.78, 5) is 0. The van der Waals surface area contributed by atoms with E-state index in [9.17, 15) is 4.39 Å². The first-order valence-electron chi connectivity index (χ1n) is 3.99. The van der Waals surface area contributed by atoms with Crippen LogP contribution in [0.1, 0.15) is 17.0 Å². The largest absolute Gasteiger partial charge is 0.250 e. The van der Waals surface area contributed by atoms with Crippen molar-refractivity contribution >= 4 is 17.7 Å². The lowest BCUT2D eigenvalue weighted by Gasteiger charge is -2.08. The molecule has 0 aliphatic heterocycles. The van der Waals surface area contributed by atoms with Gasteiger partial charge in [0.1, 0.15) is 0 Å². The molecule has 0 saturated heterocycles. The molecule has 1 unspecified atom stereocenters. The third-order valence-electron chi connectivity index (χ3n) is 1.84. The molecule has 69 valence electrons. The van der Waals surface area contributed by atoms with Gasteiger partial charge in [0.05, 0.1) is 6.67 Å². The summed E-state index contributed by atoms with van der Waals surface area (Å²) in [5, 5.41) is 0.592. The second-order valence-electron chi connectivity index (χ2n) is 2.87. The quantitative estimate of drug-likeness (QED) is 0.690. The van der Waals surface area contributed by atoms with Gasteiger partial charge in [0.2, 0.25) is 0 Å². The molecule has 0 aromatic heterocycles. The van der Waals surface area contributed by atoms with Crippen LogP contribution in [0.2, 0.25) is 5.02 Å². The molecule has 1 rings (SSSR count). The van der Waals surface area contributed by atoms with Gasteiger partial charge < -0.3 is 0 Å². The minimum Gasteiger partial charge on any atom is -0.250 e. The van der Waals surface area contributed by atoms with Crippen molar-refractivity contribution in [3.63, 3.8) is 0 Å². The summed E-state index contributed by atoms with van der Waals surface area (Å²) in [6.07, 6.45) is 1.68. The Bertz CT molecular complexity index is 307. The van der Waals surface area contributed by atoms with E-state index in [-0.39, 0.29) is 5.92 Å². The van der Waals surface area contributed by atoms with E-state index in [1.807, 2.05) is 6.07 Å². The smallest absolute Gasteiger partial charge is 0.0962 e. The van der Waals surface area contributed by atoms with Crippen LogP contribution in [0.4, 0.5) is 4.39 Å². The Kier molecular flexibility index (Phi) is 3.49. The average molecular weight is 198 g/mol. The topological polar surface area (TPSA) is 0 Å². The fourth-order valence-corrected chi connectivity index (χ4v) is 1.33. The molecule has 0 saturated carbocycles. The maximum Gasteiger partial charge on any atom is 0.0962 e. The lowest BCUT2D eigenvalue weighted by molar-refractivity contribution is 0.465. The maximum absolute atomic E-state index is 12.3. The highest BCUT2D eigenvalue weighted by Crippen LogP contribution is 2.22. The van der Waals surface area contributed by atoms with Gasteiger partial charge in [0, 0.05) is 10.9 Å². The minimum absolute atomic E-state index is 0.350. The summed E-state index contributed by atoms with van der Waals surface area (Å²) >= 11 is 5.83. The fourth-order valence-electron chi connectivity index (χ4n) is 1.08. The van der Waals surface area contributed by atoms with E-state index in [4.69, 9.17) is 11.6 Å². The van der Waals surface area contributed by atoms with Crippen molar-refractivity contribution in [2.45, 2.75) is 5.92 Å². The first kappa shape index (κ1) is 10.3. The van der Waals surface area contributed by atoms with E-state index >= 15 is 0 Å². The zero-order valence-electron chi connectivity index (χ0n) is 7.26. The highest BCUT2D eigenvalue weighted by atomic mass is 35.5. The van der Waals surface area contributed by atoms with Gasteiger partial charge in [0.15, 0.2) is 0 Å². The van der Waals surface area contributed by atoms with Crippen LogP contribution in [0.3, 0.4) is 0 Å². The summed E-state index contributed by atoms with van der Waals surface area (Å²) < 4.78 is 12.3. The molecule has 0 aliphatic carbocycles. The van der Waals surface area contributed by atoms with Gasteiger partial charge in [-0.2, -0.15) is 0 Å². The van der Waals surface area contributed by atoms with E-state index < -0.39 is 6.67 Å². The van der Waals surface area contributed by atoms with Crippen LogP contribution in [0.5, 0.6) is 0 Å². The molecule has 0 aliphatic rings. The molecule has 13 heavy (non-hydrogen) atoms. The predicted octanol–water partition coefficient (Wildman–Crippen LogP) is 3.87. The zero-order valence-corrected chi connectivity index (χ0v) is 8.02. The number of benzene rings is 1. The molecule has 0 amide bonds. The number of rotatable bonds is 3. The SMILES string of the molecule is [CH2]C(CF)c1cc(Cl)cc(C=C)c1. The molecule has 0 bridgehead atoms. The molecular weight excluding hydrogens is 187 g/mol. The number of alkyl halides is 1. The molecular formula is C11H11ClF. The van der Waals surface area contributed by atoms with Crippen molar-refractivity contribution in [1.29, 1.82) is 0 Å². The van der Waals surface area contributed by atoms with E-state index in [0.717, 1.165) is 11.1 Å². The normalized spacial score (nSPS) is 12.5. The molecule has 0 heterocycles. The predicted molar refractivity (Wildman–Crippen MR) is 55.6 cm³/mol. The molecule has 0 nitrogen and oxygen atoms in total. The first-order chi connectivity index (χ1) is 6.17. The Hall–Kier alpha value is -0.820. The monoisotopic (exact) mass is 197 g/mol. The van der Waals surface area contributed by atoms with Gasteiger partial charge in [-0.05, 0) is 30.2 Å². The number of hydrogen-bond donors (Lipinski definition) is 0. The molecule has 1 aromatic carbocycles. The molecule has 2 heteroatoms. The molecule has 1 radical (unpaired) electrons. The Balaban J connectivity index is 3.07. The summed E-state index contributed by atoms with van der Waals surface area (Å²) in [6, 6.07) is 5.35. The molecule has 1 atom stereocenters. The van der Waals surface area contributed by atoms with E-state index in [1.165, 1.54) is 0 Å². The van der Waals surface area contributed by atoms with Gasteiger partial charge in [0.25, 0.3) is 0 Å². The zero-order chi connectivity index (χ0) is 9.84. The van der Waals surface area contributed by atoms with Gasteiger partial charge in [-0.3, -0.25) is 4.39 Å². The van der Waals surface area contributed by atoms with Crippen LogP contribution in [0.15, 0.2) is 24.8 Å².